The Labute approximate surface area is 93.2 Å². The molecule has 12 heavy (non-hydrogen) atoms. The summed E-state index contributed by atoms with van der Waals surface area (Å²) in [6.45, 7) is 3.62. The molecule has 0 rings (SSSR count). The fraction of sp³-hybridized carbons (Fsp3) is 0.667. The normalized spacial score (nSPS) is 12.2. The van der Waals surface area contributed by atoms with E-state index in [2.05, 4.69) is 15.9 Å². The zero-order valence-corrected chi connectivity index (χ0v) is 11.4. The number of hydrogen-bond acceptors (Lipinski definition) is 2. The zero-order chi connectivity index (χ0) is 9.78. The van der Waals surface area contributed by atoms with Crippen LogP contribution in [-0.4, -0.2) is 21.5 Å². The molecule has 0 atom stereocenters. The Morgan fingerprint density at radius 3 is 2.50 bits per heavy atom. The van der Waals surface area contributed by atoms with E-state index in [1.165, 1.54) is 0 Å². The molecule has 0 aromatic rings. The SMILES string of the molecule is CC(C)(Br)C(=O)OC[CH]=[Ru]([Cl])[Cl]. The summed E-state index contributed by atoms with van der Waals surface area (Å²) < 4.78 is 5.83. The first-order valence-corrected chi connectivity index (χ1v) is 9.29. The van der Waals surface area contributed by atoms with Gasteiger partial charge in [-0.1, -0.05) is 0 Å². The van der Waals surface area contributed by atoms with Crippen molar-refractivity contribution in [1.29, 1.82) is 0 Å². The second-order valence-corrected chi connectivity index (χ2v) is 10.3. The van der Waals surface area contributed by atoms with Crippen LogP contribution in [0.3, 0.4) is 0 Å². The predicted molar refractivity (Wildman–Crippen MR) is 51.7 cm³/mol. The Morgan fingerprint density at radius 2 is 2.17 bits per heavy atom. The molecule has 0 aromatic carbocycles. The summed E-state index contributed by atoms with van der Waals surface area (Å²) in [7, 11) is 11.1. The quantitative estimate of drug-likeness (QED) is 0.437. The van der Waals surface area contributed by atoms with E-state index >= 15 is 0 Å². The van der Waals surface area contributed by atoms with Crippen LogP contribution in [-0.2, 0) is 23.0 Å². The van der Waals surface area contributed by atoms with E-state index in [4.69, 9.17) is 24.1 Å². The van der Waals surface area contributed by atoms with Crippen LogP contribution in [0.15, 0.2) is 0 Å². The van der Waals surface area contributed by atoms with E-state index in [-0.39, 0.29) is 12.6 Å². The van der Waals surface area contributed by atoms with Crippen LogP contribution < -0.4 is 0 Å². The molecule has 0 aliphatic rings. The maximum absolute atomic E-state index is 11.1. The number of ether oxygens (including phenoxy) is 1. The number of rotatable bonds is 3. The third-order valence-electron chi connectivity index (χ3n) is 0.868. The van der Waals surface area contributed by atoms with Crippen molar-refractivity contribution < 1.29 is 23.0 Å². The van der Waals surface area contributed by atoms with Crippen molar-refractivity contribution in [1.82, 2.24) is 0 Å². The number of hydrogen-bond donors (Lipinski definition) is 0. The topological polar surface area (TPSA) is 26.3 Å². The van der Waals surface area contributed by atoms with Crippen LogP contribution in [0.25, 0.3) is 0 Å². The summed E-state index contributed by atoms with van der Waals surface area (Å²) in [4.78, 5) is 11.1. The molecule has 0 radical (unpaired) electrons. The van der Waals surface area contributed by atoms with Crippen molar-refractivity contribution in [2.75, 3.05) is 6.61 Å². The van der Waals surface area contributed by atoms with Gasteiger partial charge >= 0.3 is 93.7 Å². The van der Waals surface area contributed by atoms with Gasteiger partial charge in [0.2, 0.25) is 0 Å². The number of halogens is 3. The number of esters is 1. The first-order chi connectivity index (χ1) is 5.34. The van der Waals surface area contributed by atoms with E-state index < -0.39 is 17.8 Å². The van der Waals surface area contributed by atoms with Crippen molar-refractivity contribution in [3.8, 4) is 0 Å². The number of carbonyl (C=O) groups excluding carboxylic acids is 1. The summed E-state index contributed by atoms with van der Waals surface area (Å²) in [5.41, 5.74) is 0. The van der Waals surface area contributed by atoms with Gasteiger partial charge in [0.1, 0.15) is 0 Å². The summed E-state index contributed by atoms with van der Waals surface area (Å²) in [5, 5.41) is 0. The second-order valence-electron chi connectivity index (χ2n) is 2.42. The first-order valence-electron chi connectivity index (χ1n) is 3.02. The van der Waals surface area contributed by atoms with Crippen LogP contribution in [0.4, 0.5) is 0 Å². The first kappa shape index (κ1) is 13.0. The molecule has 0 aliphatic heterocycles. The van der Waals surface area contributed by atoms with Gasteiger partial charge in [-0.2, -0.15) is 0 Å². The Kier molecular flexibility index (Phi) is 6.18. The van der Waals surface area contributed by atoms with E-state index in [9.17, 15) is 4.79 Å². The average Bonchev–Trinajstić information content (AvgIpc) is 1.84. The monoisotopic (exact) mass is 364 g/mol. The van der Waals surface area contributed by atoms with Gasteiger partial charge in [-0.25, -0.2) is 0 Å². The molecule has 74 valence electrons. The molecule has 0 fully saturated rings. The van der Waals surface area contributed by atoms with E-state index in [0.717, 1.165) is 0 Å². The van der Waals surface area contributed by atoms with Gasteiger partial charge in [0.05, 0.1) is 0 Å². The Balaban J connectivity index is 3.82. The van der Waals surface area contributed by atoms with Gasteiger partial charge in [0.15, 0.2) is 0 Å². The molecule has 0 spiro atoms. The van der Waals surface area contributed by atoms with Crippen molar-refractivity contribution in [2.24, 2.45) is 0 Å². The van der Waals surface area contributed by atoms with Crippen molar-refractivity contribution in [2.45, 2.75) is 18.2 Å². The van der Waals surface area contributed by atoms with Gasteiger partial charge in [-0.3, -0.25) is 0 Å². The van der Waals surface area contributed by atoms with Crippen LogP contribution in [0.2, 0.25) is 0 Å². The summed E-state index contributed by atoms with van der Waals surface area (Å²) >= 11 is 1.37. The van der Waals surface area contributed by atoms with Crippen LogP contribution in [0.5, 0.6) is 0 Å². The van der Waals surface area contributed by atoms with E-state index in [1.807, 2.05) is 0 Å². The number of carbonyl (C=O) groups is 1. The molecule has 0 heterocycles. The van der Waals surface area contributed by atoms with Crippen LogP contribution in [0, 0.1) is 0 Å². The van der Waals surface area contributed by atoms with Gasteiger partial charge in [-0.05, 0) is 0 Å². The minimum absolute atomic E-state index is 0.194. The van der Waals surface area contributed by atoms with Crippen LogP contribution in [0.1, 0.15) is 13.8 Å². The predicted octanol–water partition coefficient (Wildman–Crippen LogP) is 2.43. The molecular weight excluding hydrogens is 356 g/mol. The number of alkyl halides is 1. The Bertz CT molecular complexity index is 196. The molecule has 6 heteroatoms. The molecule has 0 saturated carbocycles. The summed E-state index contributed by atoms with van der Waals surface area (Å²) in [5.74, 6) is -0.317. The van der Waals surface area contributed by atoms with Crippen molar-refractivity contribution in [3.63, 3.8) is 0 Å². The molecule has 0 bridgehead atoms. The zero-order valence-electron chi connectivity index (χ0n) is 6.59. The minimum atomic E-state index is -1.79. The third-order valence-corrected chi connectivity index (χ3v) is 3.31. The third kappa shape index (κ3) is 6.53. The van der Waals surface area contributed by atoms with Crippen molar-refractivity contribution in [3.05, 3.63) is 0 Å². The van der Waals surface area contributed by atoms with Gasteiger partial charge in [-0.15, -0.1) is 0 Å². The molecule has 0 unspecified atom stereocenters. The van der Waals surface area contributed by atoms with E-state index in [0.29, 0.717) is 0 Å². The molecule has 0 aliphatic carbocycles. The summed E-state index contributed by atoms with van der Waals surface area (Å²) in [6.07, 6.45) is 0. The molecule has 2 nitrogen and oxygen atoms in total. The molecular formula is C6H9BrCl2O2Ru. The van der Waals surface area contributed by atoms with Gasteiger partial charge in [0.25, 0.3) is 0 Å². The van der Waals surface area contributed by atoms with E-state index in [1.54, 1.807) is 18.5 Å². The summed E-state index contributed by atoms with van der Waals surface area (Å²) in [6, 6.07) is 0. The second kappa shape index (κ2) is 5.69. The van der Waals surface area contributed by atoms with Crippen LogP contribution >= 0.6 is 35.3 Å². The Morgan fingerprint density at radius 1 is 1.67 bits per heavy atom. The van der Waals surface area contributed by atoms with Gasteiger partial charge < -0.3 is 0 Å². The van der Waals surface area contributed by atoms with Gasteiger partial charge in [0, 0.05) is 0 Å². The standard InChI is InChI=1S/C6H9BrO2.2ClH.Ru/c1-4-9-5(8)6(2,3)7;;;/h1H,4H2,2-3H3;2*1H;/q;;;+2/p-2. The Hall–Kier alpha value is 1.02. The molecule has 0 saturated heterocycles. The average molecular weight is 365 g/mol. The fourth-order valence-electron chi connectivity index (χ4n) is 0.321. The molecule has 0 aromatic heterocycles. The maximum atomic E-state index is 11.1. The molecule has 0 N–H and O–H groups in total. The molecule has 0 amide bonds. The fourth-order valence-corrected chi connectivity index (χ4v) is 1.33. The van der Waals surface area contributed by atoms with Crippen molar-refractivity contribution >= 4 is 45.9 Å².